The number of ether oxygens (including phenoxy) is 1. The topological polar surface area (TPSA) is 71.9 Å². The third-order valence-electron chi connectivity index (χ3n) is 2.10. The first-order valence-electron chi connectivity index (χ1n) is 4.69. The van der Waals surface area contributed by atoms with Crippen molar-refractivity contribution < 1.29 is 17.9 Å². The van der Waals surface area contributed by atoms with Gasteiger partial charge in [0.15, 0.2) is 0 Å². The van der Waals surface area contributed by atoms with E-state index in [-0.39, 0.29) is 13.0 Å². The lowest BCUT2D eigenvalue weighted by atomic mass is 10.0. The highest BCUT2D eigenvalue weighted by Gasteiger charge is 2.32. The Morgan fingerprint density at radius 3 is 2.65 bits per heavy atom. The Balaban J connectivity index is 3.14. The van der Waals surface area contributed by atoms with Crippen LogP contribution in [0.4, 0.5) is 13.2 Å². The van der Waals surface area contributed by atoms with E-state index in [0.717, 1.165) is 6.07 Å². The monoisotopic (exact) mass is 245 g/mol. The summed E-state index contributed by atoms with van der Waals surface area (Å²) in [6.07, 6.45) is -4.74. The summed E-state index contributed by atoms with van der Waals surface area (Å²) in [5.41, 5.74) is 6.70. The lowest BCUT2D eigenvalue weighted by Gasteiger charge is -2.12. The lowest BCUT2D eigenvalue weighted by molar-refractivity contribution is -0.276. The second kappa shape index (κ2) is 5.01. The summed E-state index contributed by atoms with van der Waals surface area (Å²) >= 11 is 0. The van der Waals surface area contributed by atoms with Crippen molar-refractivity contribution in [3.8, 4) is 11.9 Å². The van der Waals surface area contributed by atoms with E-state index >= 15 is 0 Å². The first kappa shape index (κ1) is 13.3. The molecule has 4 nitrogen and oxygen atoms in total. The molecule has 0 fully saturated rings. The van der Waals surface area contributed by atoms with Crippen molar-refractivity contribution in [3.05, 3.63) is 22.9 Å². The summed E-state index contributed by atoms with van der Waals surface area (Å²) in [6.45, 7) is 1.53. The van der Waals surface area contributed by atoms with Gasteiger partial charge in [0.05, 0.1) is 12.5 Å². The summed E-state index contributed by atoms with van der Waals surface area (Å²) in [5, 5.41) is 8.59. The third kappa shape index (κ3) is 3.60. The van der Waals surface area contributed by atoms with Crippen LogP contribution in [0.15, 0.2) is 6.07 Å². The van der Waals surface area contributed by atoms with Gasteiger partial charge in [-0.1, -0.05) is 0 Å². The summed E-state index contributed by atoms with van der Waals surface area (Å²) < 4.78 is 39.7. The largest absolute Gasteiger partial charge is 0.574 e. The van der Waals surface area contributed by atoms with E-state index < -0.39 is 12.2 Å². The zero-order chi connectivity index (χ0) is 13.1. The minimum Gasteiger partial charge on any atom is -0.388 e. The number of nitrogens with two attached hydrogens (primary N) is 1. The van der Waals surface area contributed by atoms with Gasteiger partial charge in [0.25, 0.3) is 0 Å². The van der Waals surface area contributed by atoms with Gasteiger partial charge >= 0.3 is 6.36 Å². The zero-order valence-corrected chi connectivity index (χ0v) is 9.01. The number of nitrogens with zero attached hydrogens (tertiary/aromatic N) is 2. The number of aromatic nitrogens is 1. The van der Waals surface area contributed by atoms with Gasteiger partial charge in [0.1, 0.15) is 0 Å². The first-order valence-corrected chi connectivity index (χ1v) is 4.69. The molecule has 1 aromatic rings. The fourth-order valence-corrected chi connectivity index (χ4v) is 1.41. The fourth-order valence-electron chi connectivity index (χ4n) is 1.41. The molecule has 0 saturated carbocycles. The Kier molecular flexibility index (Phi) is 3.91. The maximum Gasteiger partial charge on any atom is 0.574 e. The molecular formula is C10H10F3N3O. The predicted octanol–water partition coefficient (Wildman–Crippen LogP) is 1.81. The van der Waals surface area contributed by atoms with Gasteiger partial charge in [-0.3, -0.25) is 0 Å². The van der Waals surface area contributed by atoms with Crippen molar-refractivity contribution in [3.63, 3.8) is 0 Å². The smallest absolute Gasteiger partial charge is 0.388 e. The molecule has 0 spiro atoms. The maximum atomic E-state index is 12.0. The molecule has 0 aromatic carbocycles. The Labute approximate surface area is 95.8 Å². The van der Waals surface area contributed by atoms with Gasteiger partial charge in [0.2, 0.25) is 5.88 Å². The van der Waals surface area contributed by atoms with Crippen LogP contribution in [0, 0.1) is 18.3 Å². The SMILES string of the molecule is Cc1nc(OC(F)(F)F)cc(CN)c1CC#N. The van der Waals surface area contributed by atoms with Crippen molar-refractivity contribution in [2.75, 3.05) is 0 Å². The summed E-state index contributed by atoms with van der Waals surface area (Å²) in [6, 6.07) is 3.01. The highest BCUT2D eigenvalue weighted by Crippen LogP contribution is 2.24. The summed E-state index contributed by atoms with van der Waals surface area (Å²) in [7, 11) is 0. The van der Waals surface area contributed by atoms with Gasteiger partial charge in [0, 0.05) is 18.3 Å². The van der Waals surface area contributed by atoms with Crippen LogP contribution in [0.5, 0.6) is 5.88 Å². The molecule has 17 heavy (non-hydrogen) atoms. The minimum absolute atomic E-state index is 0.0224. The number of pyridine rings is 1. The van der Waals surface area contributed by atoms with E-state index in [1.54, 1.807) is 0 Å². The van der Waals surface area contributed by atoms with Crippen LogP contribution >= 0.6 is 0 Å². The van der Waals surface area contributed by atoms with Crippen molar-refractivity contribution in [2.45, 2.75) is 26.3 Å². The van der Waals surface area contributed by atoms with E-state index in [9.17, 15) is 13.2 Å². The van der Waals surface area contributed by atoms with E-state index in [1.807, 2.05) is 6.07 Å². The van der Waals surface area contributed by atoms with Gasteiger partial charge in [-0.25, -0.2) is 4.98 Å². The van der Waals surface area contributed by atoms with Crippen LogP contribution < -0.4 is 10.5 Å². The number of aryl methyl sites for hydroxylation is 1. The van der Waals surface area contributed by atoms with Crippen LogP contribution in [0.1, 0.15) is 16.8 Å². The van der Waals surface area contributed by atoms with Gasteiger partial charge in [-0.05, 0) is 18.1 Å². The molecule has 92 valence electrons. The number of hydrogen-bond acceptors (Lipinski definition) is 4. The molecule has 0 saturated heterocycles. The van der Waals surface area contributed by atoms with Crippen molar-refractivity contribution in [1.29, 1.82) is 5.26 Å². The van der Waals surface area contributed by atoms with Crippen LogP contribution in [0.2, 0.25) is 0 Å². The van der Waals surface area contributed by atoms with Crippen molar-refractivity contribution in [1.82, 2.24) is 4.98 Å². The zero-order valence-electron chi connectivity index (χ0n) is 9.01. The minimum atomic E-state index is -4.79. The molecule has 1 rings (SSSR count). The van der Waals surface area contributed by atoms with Crippen molar-refractivity contribution in [2.24, 2.45) is 5.73 Å². The van der Waals surface area contributed by atoms with Crippen molar-refractivity contribution >= 4 is 0 Å². The first-order chi connectivity index (χ1) is 7.87. The number of nitriles is 1. The molecule has 0 unspecified atom stereocenters. The third-order valence-corrected chi connectivity index (χ3v) is 2.10. The molecule has 2 N–H and O–H groups in total. The molecule has 0 amide bonds. The molecule has 0 aliphatic rings. The van der Waals surface area contributed by atoms with E-state index in [0.29, 0.717) is 16.8 Å². The molecular weight excluding hydrogens is 235 g/mol. The molecule has 7 heteroatoms. The summed E-state index contributed by atoms with van der Waals surface area (Å²) in [4.78, 5) is 3.64. The van der Waals surface area contributed by atoms with E-state index in [4.69, 9.17) is 11.0 Å². The second-order valence-electron chi connectivity index (χ2n) is 3.27. The molecule has 1 aromatic heterocycles. The molecule has 0 bridgehead atoms. The highest BCUT2D eigenvalue weighted by molar-refractivity contribution is 5.36. The van der Waals surface area contributed by atoms with E-state index in [1.165, 1.54) is 6.92 Å². The van der Waals surface area contributed by atoms with E-state index in [2.05, 4.69) is 9.72 Å². The highest BCUT2D eigenvalue weighted by atomic mass is 19.4. The predicted molar refractivity (Wildman–Crippen MR) is 52.9 cm³/mol. The number of alkyl halides is 3. The Hall–Kier alpha value is -1.81. The molecule has 0 atom stereocenters. The standard InChI is InChI=1S/C10H10F3N3O/c1-6-8(2-3-14)7(5-15)4-9(16-6)17-10(11,12)13/h4H,2,5,15H2,1H3. The Bertz CT molecular complexity index is 451. The lowest BCUT2D eigenvalue weighted by Crippen LogP contribution is -2.19. The molecule has 0 aliphatic heterocycles. The second-order valence-corrected chi connectivity index (χ2v) is 3.27. The molecule has 0 radical (unpaired) electrons. The number of hydrogen-bond donors (Lipinski definition) is 1. The summed E-state index contributed by atoms with van der Waals surface area (Å²) in [5.74, 6) is -0.558. The fraction of sp³-hybridized carbons (Fsp3) is 0.400. The quantitative estimate of drug-likeness (QED) is 0.881. The van der Waals surface area contributed by atoms with Crippen LogP contribution in [-0.2, 0) is 13.0 Å². The van der Waals surface area contributed by atoms with Gasteiger partial charge in [-0.2, -0.15) is 5.26 Å². The van der Waals surface area contributed by atoms with Gasteiger partial charge < -0.3 is 10.5 Å². The molecule has 1 heterocycles. The number of halogens is 3. The Morgan fingerprint density at radius 2 is 2.18 bits per heavy atom. The van der Waals surface area contributed by atoms with Crippen LogP contribution in [0.3, 0.4) is 0 Å². The number of rotatable bonds is 3. The van der Waals surface area contributed by atoms with Gasteiger partial charge in [-0.15, -0.1) is 13.2 Å². The molecule has 0 aliphatic carbocycles. The average Bonchev–Trinajstić information content (AvgIpc) is 2.19. The normalized spacial score (nSPS) is 11.1. The average molecular weight is 245 g/mol. The van der Waals surface area contributed by atoms with Crippen LogP contribution in [0.25, 0.3) is 0 Å². The maximum absolute atomic E-state index is 12.0. The van der Waals surface area contributed by atoms with Crippen LogP contribution in [-0.4, -0.2) is 11.3 Å². The Morgan fingerprint density at radius 1 is 1.53 bits per heavy atom.